The molecule has 20 heavy (non-hydrogen) atoms. The van der Waals surface area contributed by atoms with Gasteiger partial charge in [0.1, 0.15) is 5.75 Å². The molecule has 2 atom stereocenters. The van der Waals surface area contributed by atoms with Gasteiger partial charge in [0.2, 0.25) is 0 Å². The van der Waals surface area contributed by atoms with Gasteiger partial charge in [0.05, 0.1) is 7.11 Å². The van der Waals surface area contributed by atoms with E-state index in [4.69, 9.17) is 10.5 Å². The van der Waals surface area contributed by atoms with Crippen LogP contribution in [0.5, 0.6) is 5.75 Å². The van der Waals surface area contributed by atoms with Crippen LogP contribution in [0.1, 0.15) is 49.8 Å². The van der Waals surface area contributed by atoms with Gasteiger partial charge in [-0.05, 0) is 49.9 Å². The lowest BCUT2D eigenvalue weighted by Crippen LogP contribution is -2.44. The first kappa shape index (κ1) is 15.3. The second-order valence-electron chi connectivity index (χ2n) is 5.78. The van der Waals surface area contributed by atoms with E-state index in [9.17, 15) is 0 Å². The molecule has 1 aliphatic rings. The highest BCUT2D eigenvalue weighted by Crippen LogP contribution is 2.31. The summed E-state index contributed by atoms with van der Waals surface area (Å²) in [7, 11) is 1.72. The monoisotopic (exact) mass is 276 g/mol. The molecule has 0 spiro atoms. The van der Waals surface area contributed by atoms with Crippen LogP contribution in [0.3, 0.4) is 0 Å². The molecule has 0 aromatic heterocycles. The maximum Gasteiger partial charge on any atom is 0.121 e. The van der Waals surface area contributed by atoms with E-state index >= 15 is 0 Å². The zero-order chi connectivity index (χ0) is 14.5. The molecule has 2 N–H and O–H groups in total. The molecule has 3 nitrogen and oxygen atoms in total. The molecule has 1 heterocycles. The highest BCUT2D eigenvalue weighted by molar-refractivity contribution is 5.37. The Bertz CT molecular complexity index is 433. The number of aryl methyl sites for hydroxylation is 1. The summed E-state index contributed by atoms with van der Waals surface area (Å²) in [5.74, 6) is 0.954. The number of rotatable bonds is 5. The molecule has 0 aliphatic carbocycles. The fraction of sp³-hybridized carbons (Fsp3) is 0.647. The summed E-state index contributed by atoms with van der Waals surface area (Å²) in [5, 5.41) is 0. The number of ether oxygens (including phenoxy) is 1. The molecule has 0 amide bonds. The van der Waals surface area contributed by atoms with Crippen molar-refractivity contribution < 1.29 is 4.74 Å². The van der Waals surface area contributed by atoms with Crippen LogP contribution in [0.2, 0.25) is 0 Å². The Morgan fingerprint density at radius 1 is 1.40 bits per heavy atom. The third kappa shape index (κ3) is 3.15. The molecule has 1 fully saturated rings. The molecule has 2 unspecified atom stereocenters. The fourth-order valence-corrected chi connectivity index (χ4v) is 3.44. The summed E-state index contributed by atoms with van der Waals surface area (Å²) < 4.78 is 5.36. The Balaban J connectivity index is 2.24. The van der Waals surface area contributed by atoms with Gasteiger partial charge in [-0.25, -0.2) is 0 Å². The molecule has 0 radical (unpaired) electrons. The average Bonchev–Trinajstić information content (AvgIpc) is 2.49. The van der Waals surface area contributed by atoms with Crippen molar-refractivity contribution >= 4 is 0 Å². The van der Waals surface area contributed by atoms with Gasteiger partial charge in [-0.3, -0.25) is 4.90 Å². The number of benzene rings is 1. The minimum atomic E-state index is 0.338. The zero-order valence-electron chi connectivity index (χ0n) is 13.1. The second-order valence-corrected chi connectivity index (χ2v) is 5.78. The maximum atomic E-state index is 6.10. The smallest absolute Gasteiger partial charge is 0.121 e. The number of likely N-dealkylation sites (tertiary alicyclic amines) is 1. The Morgan fingerprint density at radius 2 is 2.20 bits per heavy atom. The van der Waals surface area contributed by atoms with Crippen molar-refractivity contribution in [3.8, 4) is 5.75 Å². The molecule has 3 heteroatoms. The molecular weight excluding hydrogens is 248 g/mol. The van der Waals surface area contributed by atoms with E-state index in [-0.39, 0.29) is 0 Å². The predicted molar refractivity (Wildman–Crippen MR) is 84.2 cm³/mol. The number of methoxy groups -OCH3 is 1. The lowest BCUT2D eigenvalue weighted by atomic mass is 9.94. The summed E-state index contributed by atoms with van der Waals surface area (Å²) >= 11 is 0. The van der Waals surface area contributed by atoms with Crippen LogP contribution in [0.15, 0.2) is 18.2 Å². The van der Waals surface area contributed by atoms with Gasteiger partial charge in [0.25, 0.3) is 0 Å². The van der Waals surface area contributed by atoms with Crippen LogP contribution in [0.25, 0.3) is 0 Å². The van der Waals surface area contributed by atoms with E-state index in [2.05, 4.69) is 36.9 Å². The third-order valence-electron chi connectivity index (χ3n) is 4.57. The zero-order valence-corrected chi connectivity index (χ0v) is 13.1. The summed E-state index contributed by atoms with van der Waals surface area (Å²) in [6.45, 7) is 6.24. The van der Waals surface area contributed by atoms with Crippen LogP contribution in [-0.2, 0) is 0 Å². The lowest BCUT2D eigenvalue weighted by molar-refractivity contribution is 0.0948. The van der Waals surface area contributed by atoms with Gasteiger partial charge in [-0.1, -0.05) is 25.5 Å². The Hall–Kier alpha value is -1.06. The van der Waals surface area contributed by atoms with E-state index in [1.165, 1.54) is 43.4 Å². The second kappa shape index (κ2) is 7.09. The summed E-state index contributed by atoms with van der Waals surface area (Å²) in [6.07, 6.45) is 5.17. The largest absolute Gasteiger partial charge is 0.496 e. The number of hydrogen-bond acceptors (Lipinski definition) is 3. The number of piperidine rings is 1. The summed E-state index contributed by atoms with van der Waals surface area (Å²) in [5.41, 5.74) is 8.61. The first-order valence-corrected chi connectivity index (χ1v) is 7.81. The van der Waals surface area contributed by atoms with Crippen molar-refractivity contribution in [2.24, 2.45) is 5.73 Å². The molecule has 112 valence electrons. The Labute approximate surface area is 123 Å². The molecule has 0 saturated carbocycles. The van der Waals surface area contributed by atoms with Gasteiger partial charge < -0.3 is 10.5 Å². The van der Waals surface area contributed by atoms with E-state index in [0.717, 1.165) is 5.75 Å². The van der Waals surface area contributed by atoms with Crippen molar-refractivity contribution in [1.82, 2.24) is 4.90 Å². The highest BCUT2D eigenvalue weighted by Gasteiger charge is 2.28. The van der Waals surface area contributed by atoms with Crippen molar-refractivity contribution in [1.29, 1.82) is 0 Å². The minimum absolute atomic E-state index is 0.338. The topological polar surface area (TPSA) is 38.5 Å². The van der Waals surface area contributed by atoms with Gasteiger partial charge in [-0.15, -0.1) is 0 Å². The molecule has 1 aromatic rings. The minimum Gasteiger partial charge on any atom is -0.496 e. The molecular formula is C17H28N2O. The van der Waals surface area contributed by atoms with Crippen molar-refractivity contribution in [2.45, 2.75) is 51.6 Å². The van der Waals surface area contributed by atoms with Crippen molar-refractivity contribution in [3.05, 3.63) is 29.3 Å². The van der Waals surface area contributed by atoms with Crippen LogP contribution in [0, 0.1) is 6.92 Å². The standard InChI is InChI=1S/C17H28N2O/c1-4-15-7-5-6-10-19(15)16(12-18)14-8-9-17(20-3)13(2)11-14/h8-9,11,15-16H,4-7,10,12,18H2,1-3H3. The maximum absolute atomic E-state index is 6.10. The normalized spacial score (nSPS) is 21.7. The van der Waals surface area contributed by atoms with Crippen molar-refractivity contribution in [2.75, 3.05) is 20.2 Å². The number of nitrogens with zero attached hydrogens (tertiary/aromatic N) is 1. The number of nitrogens with two attached hydrogens (primary N) is 1. The van der Waals surface area contributed by atoms with Crippen molar-refractivity contribution in [3.63, 3.8) is 0 Å². The summed E-state index contributed by atoms with van der Waals surface area (Å²) in [6, 6.07) is 7.49. The average molecular weight is 276 g/mol. The summed E-state index contributed by atoms with van der Waals surface area (Å²) in [4.78, 5) is 2.62. The molecule has 1 aromatic carbocycles. The first-order chi connectivity index (χ1) is 9.71. The van der Waals surface area contributed by atoms with Crippen LogP contribution < -0.4 is 10.5 Å². The van der Waals surface area contributed by atoms with Gasteiger partial charge in [0, 0.05) is 18.6 Å². The van der Waals surface area contributed by atoms with E-state index in [1.54, 1.807) is 7.11 Å². The van der Waals surface area contributed by atoms with Crippen LogP contribution >= 0.6 is 0 Å². The van der Waals surface area contributed by atoms with E-state index in [1.807, 2.05) is 0 Å². The van der Waals surface area contributed by atoms with Crippen LogP contribution in [0.4, 0.5) is 0 Å². The van der Waals surface area contributed by atoms with Crippen LogP contribution in [-0.4, -0.2) is 31.1 Å². The van der Waals surface area contributed by atoms with E-state index < -0.39 is 0 Å². The SMILES string of the molecule is CCC1CCCCN1C(CN)c1ccc(OC)c(C)c1. The Kier molecular flexibility index (Phi) is 5.44. The predicted octanol–water partition coefficient (Wildman–Crippen LogP) is 3.27. The number of hydrogen-bond donors (Lipinski definition) is 1. The molecule has 1 aliphatic heterocycles. The molecule has 1 saturated heterocycles. The molecule has 2 rings (SSSR count). The third-order valence-corrected chi connectivity index (χ3v) is 4.57. The Morgan fingerprint density at radius 3 is 2.80 bits per heavy atom. The quantitative estimate of drug-likeness (QED) is 0.897. The van der Waals surface area contributed by atoms with Gasteiger partial charge >= 0.3 is 0 Å². The fourth-order valence-electron chi connectivity index (χ4n) is 3.44. The molecule has 0 bridgehead atoms. The lowest BCUT2D eigenvalue weighted by Gasteiger charge is -2.41. The van der Waals surface area contributed by atoms with Gasteiger partial charge in [-0.2, -0.15) is 0 Å². The highest BCUT2D eigenvalue weighted by atomic mass is 16.5. The van der Waals surface area contributed by atoms with E-state index in [0.29, 0.717) is 18.6 Å². The van der Waals surface area contributed by atoms with Gasteiger partial charge in [0.15, 0.2) is 0 Å². The first-order valence-electron chi connectivity index (χ1n) is 7.81.